The average Bonchev–Trinajstić information content (AvgIpc) is 2.47. The smallest absolute Gasteiger partial charge is 0.410 e. The second kappa shape index (κ2) is 6.66. The normalized spacial score (nSPS) is 30.8. The Morgan fingerprint density at radius 2 is 1.87 bits per heavy atom. The van der Waals surface area contributed by atoms with Crippen molar-refractivity contribution >= 4 is 6.09 Å². The second-order valence-electron chi connectivity index (χ2n) is 7.93. The van der Waals surface area contributed by atoms with Gasteiger partial charge in [0.15, 0.2) is 0 Å². The summed E-state index contributed by atoms with van der Waals surface area (Å²) in [6.07, 6.45) is 1.34. The van der Waals surface area contributed by atoms with E-state index in [9.17, 15) is 10.1 Å². The summed E-state index contributed by atoms with van der Waals surface area (Å²) in [5, 5.41) is 9.89. The molecule has 0 saturated carbocycles. The molecule has 6 nitrogen and oxygen atoms in total. The molecule has 6 heteroatoms. The summed E-state index contributed by atoms with van der Waals surface area (Å²) >= 11 is 0. The molecule has 2 heterocycles. The van der Waals surface area contributed by atoms with Crippen molar-refractivity contribution in [1.82, 2.24) is 14.7 Å². The SMILES string of the molecule is CC1CCC(C#N)(N2CCN(C)CC2)CN1C(=O)OC(C)(C)C. The quantitative estimate of drug-likeness (QED) is 0.738. The van der Waals surface area contributed by atoms with Gasteiger partial charge in [0.2, 0.25) is 0 Å². The van der Waals surface area contributed by atoms with Gasteiger partial charge in [0.05, 0.1) is 12.6 Å². The number of nitriles is 1. The number of nitrogens with zero attached hydrogens (tertiary/aromatic N) is 4. The second-order valence-corrected chi connectivity index (χ2v) is 7.93. The molecule has 2 atom stereocenters. The van der Waals surface area contributed by atoms with Crippen LogP contribution in [-0.4, -0.2) is 77.7 Å². The lowest BCUT2D eigenvalue weighted by molar-refractivity contribution is -0.0235. The summed E-state index contributed by atoms with van der Waals surface area (Å²) in [5.74, 6) is 0. The molecule has 2 aliphatic heterocycles. The molecule has 0 aromatic carbocycles. The summed E-state index contributed by atoms with van der Waals surface area (Å²) in [4.78, 5) is 18.8. The zero-order valence-electron chi connectivity index (χ0n) is 15.1. The van der Waals surface area contributed by atoms with Crippen LogP contribution >= 0.6 is 0 Å². The number of piperidine rings is 1. The number of carbonyl (C=O) groups is 1. The van der Waals surface area contributed by atoms with Crippen molar-refractivity contribution < 1.29 is 9.53 Å². The molecular formula is C17H30N4O2. The van der Waals surface area contributed by atoms with E-state index in [0.29, 0.717) is 6.54 Å². The molecule has 0 bridgehead atoms. The Morgan fingerprint density at radius 1 is 1.26 bits per heavy atom. The summed E-state index contributed by atoms with van der Waals surface area (Å²) in [6.45, 7) is 11.8. The van der Waals surface area contributed by atoms with Gasteiger partial charge in [0.25, 0.3) is 0 Å². The van der Waals surface area contributed by atoms with Crippen LogP contribution in [0.2, 0.25) is 0 Å². The zero-order valence-corrected chi connectivity index (χ0v) is 15.1. The molecule has 2 rings (SSSR count). The molecule has 0 aromatic heterocycles. The van der Waals surface area contributed by atoms with Crippen LogP contribution in [0.15, 0.2) is 0 Å². The molecule has 0 radical (unpaired) electrons. The van der Waals surface area contributed by atoms with E-state index in [4.69, 9.17) is 4.74 Å². The van der Waals surface area contributed by atoms with Crippen molar-refractivity contribution in [2.24, 2.45) is 0 Å². The van der Waals surface area contributed by atoms with E-state index in [2.05, 4.69) is 22.9 Å². The number of ether oxygens (including phenoxy) is 1. The molecule has 0 aliphatic carbocycles. The van der Waals surface area contributed by atoms with Gasteiger partial charge >= 0.3 is 6.09 Å². The van der Waals surface area contributed by atoms with E-state index in [1.54, 1.807) is 4.90 Å². The van der Waals surface area contributed by atoms with Crippen molar-refractivity contribution in [3.8, 4) is 6.07 Å². The minimum Gasteiger partial charge on any atom is -0.444 e. The van der Waals surface area contributed by atoms with Gasteiger partial charge in [-0.05, 0) is 47.6 Å². The van der Waals surface area contributed by atoms with E-state index in [1.165, 1.54) is 0 Å². The van der Waals surface area contributed by atoms with E-state index < -0.39 is 11.1 Å². The highest BCUT2D eigenvalue weighted by molar-refractivity contribution is 5.69. The number of likely N-dealkylation sites (tertiary alicyclic amines) is 1. The fraction of sp³-hybridized carbons (Fsp3) is 0.882. The van der Waals surface area contributed by atoms with Gasteiger partial charge in [0, 0.05) is 32.2 Å². The first-order valence-corrected chi connectivity index (χ1v) is 8.51. The maximum absolute atomic E-state index is 12.5. The number of rotatable bonds is 1. The molecule has 1 amide bonds. The van der Waals surface area contributed by atoms with Gasteiger partial charge in [-0.1, -0.05) is 0 Å². The lowest BCUT2D eigenvalue weighted by Gasteiger charge is -2.49. The Balaban J connectivity index is 2.13. The molecule has 2 saturated heterocycles. The number of hydrogen-bond acceptors (Lipinski definition) is 5. The van der Waals surface area contributed by atoms with Crippen molar-refractivity contribution in [2.45, 2.75) is 57.7 Å². The highest BCUT2D eigenvalue weighted by atomic mass is 16.6. The van der Waals surface area contributed by atoms with Crippen LogP contribution in [0.1, 0.15) is 40.5 Å². The van der Waals surface area contributed by atoms with Crippen LogP contribution in [0.3, 0.4) is 0 Å². The summed E-state index contributed by atoms with van der Waals surface area (Å²) in [6, 6.07) is 2.64. The third-order valence-corrected chi connectivity index (χ3v) is 4.88. The molecule has 2 fully saturated rings. The number of hydrogen-bond donors (Lipinski definition) is 0. The first-order valence-electron chi connectivity index (χ1n) is 8.51. The topological polar surface area (TPSA) is 59.8 Å². The van der Waals surface area contributed by atoms with Crippen LogP contribution in [0.25, 0.3) is 0 Å². The molecule has 23 heavy (non-hydrogen) atoms. The standard InChI is InChI=1S/C17H30N4O2/c1-14-6-7-17(12-18,20-10-8-19(5)9-11-20)13-21(14)15(22)23-16(2,3)4/h14H,6-11,13H2,1-5H3. The van der Waals surface area contributed by atoms with E-state index in [0.717, 1.165) is 39.0 Å². The van der Waals surface area contributed by atoms with Gasteiger partial charge in [-0.25, -0.2) is 4.79 Å². The van der Waals surface area contributed by atoms with Gasteiger partial charge in [-0.3, -0.25) is 4.90 Å². The lowest BCUT2D eigenvalue weighted by atomic mass is 9.85. The molecule has 130 valence electrons. The molecule has 0 spiro atoms. The Labute approximate surface area is 140 Å². The third-order valence-electron chi connectivity index (χ3n) is 4.88. The van der Waals surface area contributed by atoms with Crippen molar-refractivity contribution in [3.63, 3.8) is 0 Å². The van der Waals surface area contributed by atoms with Crippen LogP contribution in [-0.2, 0) is 4.74 Å². The van der Waals surface area contributed by atoms with Crippen LogP contribution < -0.4 is 0 Å². The highest BCUT2D eigenvalue weighted by Gasteiger charge is 2.46. The fourth-order valence-electron chi connectivity index (χ4n) is 3.34. The Hall–Kier alpha value is -1.32. The summed E-state index contributed by atoms with van der Waals surface area (Å²) in [7, 11) is 2.10. The van der Waals surface area contributed by atoms with E-state index >= 15 is 0 Å². The first-order chi connectivity index (χ1) is 10.7. The maximum Gasteiger partial charge on any atom is 0.410 e. The number of amides is 1. The average molecular weight is 322 g/mol. The minimum atomic E-state index is -0.579. The van der Waals surface area contributed by atoms with Gasteiger partial charge in [-0.15, -0.1) is 0 Å². The largest absolute Gasteiger partial charge is 0.444 e. The number of piperazine rings is 1. The van der Waals surface area contributed by atoms with E-state index in [-0.39, 0.29) is 12.1 Å². The van der Waals surface area contributed by atoms with Crippen LogP contribution in [0.4, 0.5) is 4.79 Å². The summed E-state index contributed by atoms with van der Waals surface area (Å²) < 4.78 is 5.54. The molecule has 0 N–H and O–H groups in total. The van der Waals surface area contributed by atoms with Crippen molar-refractivity contribution in [1.29, 1.82) is 5.26 Å². The highest BCUT2D eigenvalue weighted by Crippen LogP contribution is 2.32. The monoisotopic (exact) mass is 322 g/mol. The molecule has 2 unspecified atom stereocenters. The molecule has 0 aromatic rings. The Kier molecular flexibility index (Phi) is 5.22. The molecule has 2 aliphatic rings. The van der Waals surface area contributed by atoms with Crippen LogP contribution in [0.5, 0.6) is 0 Å². The first kappa shape index (κ1) is 18.0. The third kappa shape index (κ3) is 4.15. The van der Waals surface area contributed by atoms with Crippen molar-refractivity contribution in [3.05, 3.63) is 0 Å². The predicted octanol–water partition coefficient (Wildman–Crippen LogP) is 1.92. The number of carbonyl (C=O) groups excluding carboxylic acids is 1. The Morgan fingerprint density at radius 3 is 2.39 bits per heavy atom. The lowest BCUT2D eigenvalue weighted by Crippen LogP contribution is -2.64. The number of likely N-dealkylation sites (N-methyl/N-ethyl adjacent to an activating group) is 1. The molecular weight excluding hydrogens is 292 g/mol. The van der Waals surface area contributed by atoms with Crippen LogP contribution in [0, 0.1) is 11.3 Å². The fourth-order valence-corrected chi connectivity index (χ4v) is 3.34. The van der Waals surface area contributed by atoms with E-state index in [1.807, 2.05) is 27.7 Å². The van der Waals surface area contributed by atoms with Gasteiger partial charge in [-0.2, -0.15) is 5.26 Å². The Bertz CT molecular complexity index is 474. The van der Waals surface area contributed by atoms with Crippen molar-refractivity contribution in [2.75, 3.05) is 39.8 Å². The van der Waals surface area contributed by atoms with Gasteiger partial charge in [0.1, 0.15) is 11.1 Å². The maximum atomic E-state index is 12.5. The summed E-state index contributed by atoms with van der Waals surface area (Å²) in [5.41, 5.74) is -1.10. The van der Waals surface area contributed by atoms with Gasteiger partial charge < -0.3 is 14.5 Å². The zero-order chi connectivity index (χ0) is 17.3. The minimum absolute atomic E-state index is 0.110. The predicted molar refractivity (Wildman–Crippen MR) is 89.1 cm³/mol.